The quantitative estimate of drug-likeness (QED) is 0.314. The Morgan fingerprint density at radius 1 is 0.927 bits per heavy atom. The summed E-state index contributed by atoms with van der Waals surface area (Å²) in [5.41, 5.74) is 3.71. The van der Waals surface area contributed by atoms with Gasteiger partial charge < -0.3 is 10.2 Å². The smallest absolute Gasteiger partial charge is 0.264 e. The molecule has 1 N–H and O–H groups in total. The highest BCUT2D eigenvalue weighted by molar-refractivity contribution is 7.92. The molecule has 9 heteroatoms. The van der Waals surface area contributed by atoms with Crippen molar-refractivity contribution < 1.29 is 18.0 Å². The number of sulfonamides is 1. The number of hydrogen-bond acceptors (Lipinski definition) is 4. The van der Waals surface area contributed by atoms with Gasteiger partial charge in [0.15, 0.2) is 0 Å². The third-order valence-corrected chi connectivity index (χ3v) is 9.68. The first-order valence-corrected chi connectivity index (χ1v) is 15.8. The first kappa shape index (κ1) is 30.6. The van der Waals surface area contributed by atoms with Gasteiger partial charge in [-0.3, -0.25) is 13.9 Å². The van der Waals surface area contributed by atoms with Gasteiger partial charge in [0, 0.05) is 17.6 Å². The number of aryl methyl sites for hydroxylation is 3. The summed E-state index contributed by atoms with van der Waals surface area (Å²) < 4.78 is 29.3. The van der Waals surface area contributed by atoms with Crippen LogP contribution in [0.2, 0.25) is 5.02 Å². The standard InChI is InChI=1S/C32H38ClN3O4S/c1-22-10-17-29(18-11-22)41(39,40)36(30-19-23(2)9-12-24(30)3)21-31(37)35(20-26-13-15-27(33)16-14-26)25(4)32(38)34-28-7-5-6-8-28/h9-19,25,28H,5-8,20-21H2,1-4H3,(H,34,38). The molecule has 0 aromatic heterocycles. The lowest BCUT2D eigenvalue weighted by Gasteiger charge is -2.33. The molecule has 0 bridgehead atoms. The predicted octanol–water partition coefficient (Wildman–Crippen LogP) is 5.94. The van der Waals surface area contributed by atoms with Gasteiger partial charge in [-0.2, -0.15) is 0 Å². The summed E-state index contributed by atoms with van der Waals surface area (Å²) in [5.74, 6) is -0.732. The number of carbonyl (C=O) groups excluding carboxylic acids is 2. The molecule has 1 aliphatic rings. The topological polar surface area (TPSA) is 86.8 Å². The summed E-state index contributed by atoms with van der Waals surface area (Å²) in [6.45, 7) is 6.93. The molecule has 0 saturated heterocycles. The second kappa shape index (κ2) is 13.1. The van der Waals surface area contributed by atoms with Crippen molar-refractivity contribution in [3.05, 3.63) is 94.0 Å². The van der Waals surface area contributed by atoms with Crippen LogP contribution in [0.3, 0.4) is 0 Å². The van der Waals surface area contributed by atoms with E-state index in [0.29, 0.717) is 10.7 Å². The van der Waals surface area contributed by atoms with E-state index < -0.39 is 28.5 Å². The minimum Gasteiger partial charge on any atom is -0.352 e. The molecule has 0 radical (unpaired) electrons. The van der Waals surface area contributed by atoms with Crippen LogP contribution in [0.1, 0.15) is 54.9 Å². The van der Waals surface area contributed by atoms with Crippen LogP contribution in [0.5, 0.6) is 0 Å². The molecule has 2 amide bonds. The number of anilines is 1. The molecular formula is C32H38ClN3O4S. The largest absolute Gasteiger partial charge is 0.352 e. The fourth-order valence-electron chi connectivity index (χ4n) is 5.10. The molecular weight excluding hydrogens is 558 g/mol. The van der Waals surface area contributed by atoms with E-state index in [1.807, 2.05) is 32.9 Å². The van der Waals surface area contributed by atoms with Crippen LogP contribution in [0.4, 0.5) is 5.69 Å². The SMILES string of the molecule is Cc1ccc(S(=O)(=O)N(CC(=O)N(Cc2ccc(Cl)cc2)C(C)C(=O)NC2CCCC2)c2cc(C)ccc2C)cc1. The van der Waals surface area contributed by atoms with Gasteiger partial charge in [-0.05, 0) is 87.6 Å². The highest BCUT2D eigenvalue weighted by Crippen LogP contribution is 2.29. The lowest BCUT2D eigenvalue weighted by molar-refractivity contribution is -0.139. The summed E-state index contributed by atoms with van der Waals surface area (Å²) in [6, 6.07) is 18.4. The number of carbonyl (C=O) groups is 2. The highest BCUT2D eigenvalue weighted by atomic mass is 35.5. The maximum atomic E-state index is 14.1. The fraction of sp³-hybridized carbons (Fsp3) is 0.375. The maximum absolute atomic E-state index is 14.1. The number of amides is 2. The Hall–Kier alpha value is -3.36. The molecule has 0 aliphatic heterocycles. The number of benzene rings is 3. The van der Waals surface area contributed by atoms with Gasteiger partial charge in [-0.1, -0.05) is 66.4 Å². The molecule has 1 aliphatic carbocycles. The van der Waals surface area contributed by atoms with Crippen molar-refractivity contribution in [3.8, 4) is 0 Å². The summed E-state index contributed by atoms with van der Waals surface area (Å²) in [7, 11) is -4.11. The molecule has 7 nitrogen and oxygen atoms in total. The third-order valence-electron chi connectivity index (χ3n) is 7.66. The lowest BCUT2D eigenvalue weighted by Crippen LogP contribution is -2.52. The number of hydrogen-bond donors (Lipinski definition) is 1. The molecule has 0 heterocycles. The Bertz CT molecular complexity index is 1480. The van der Waals surface area contributed by atoms with E-state index in [-0.39, 0.29) is 23.4 Å². The van der Waals surface area contributed by atoms with E-state index in [0.717, 1.165) is 47.9 Å². The molecule has 1 atom stereocenters. The van der Waals surface area contributed by atoms with Gasteiger partial charge >= 0.3 is 0 Å². The van der Waals surface area contributed by atoms with E-state index >= 15 is 0 Å². The zero-order valence-electron chi connectivity index (χ0n) is 24.1. The molecule has 3 aromatic rings. The third kappa shape index (κ3) is 7.49. The summed E-state index contributed by atoms with van der Waals surface area (Å²) in [4.78, 5) is 29.0. The Kier molecular flexibility index (Phi) is 9.76. The van der Waals surface area contributed by atoms with E-state index in [1.165, 1.54) is 9.21 Å². The first-order valence-electron chi connectivity index (χ1n) is 14.0. The number of rotatable bonds is 10. The minimum atomic E-state index is -4.11. The van der Waals surface area contributed by atoms with Crippen molar-refractivity contribution in [3.63, 3.8) is 0 Å². The Morgan fingerprint density at radius 2 is 1.54 bits per heavy atom. The van der Waals surface area contributed by atoms with Crippen molar-refractivity contribution in [1.82, 2.24) is 10.2 Å². The van der Waals surface area contributed by atoms with E-state index in [2.05, 4.69) is 5.32 Å². The minimum absolute atomic E-state index is 0.0887. The summed E-state index contributed by atoms with van der Waals surface area (Å²) in [6.07, 6.45) is 3.96. The van der Waals surface area contributed by atoms with Gasteiger partial charge in [0.1, 0.15) is 12.6 Å². The van der Waals surface area contributed by atoms with Gasteiger partial charge in [0.05, 0.1) is 10.6 Å². The molecule has 4 rings (SSSR count). The Labute approximate surface area is 248 Å². The van der Waals surface area contributed by atoms with Crippen LogP contribution in [0.15, 0.2) is 71.6 Å². The van der Waals surface area contributed by atoms with Crippen molar-refractivity contribution in [2.75, 3.05) is 10.8 Å². The summed E-state index contributed by atoms with van der Waals surface area (Å²) >= 11 is 6.08. The van der Waals surface area contributed by atoms with E-state index in [4.69, 9.17) is 11.6 Å². The Balaban J connectivity index is 1.71. The average Bonchev–Trinajstić information content (AvgIpc) is 3.45. The van der Waals surface area contributed by atoms with Crippen LogP contribution in [-0.2, 0) is 26.2 Å². The van der Waals surface area contributed by atoms with Crippen LogP contribution < -0.4 is 9.62 Å². The van der Waals surface area contributed by atoms with Gasteiger partial charge in [-0.15, -0.1) is 0 Å². The predicted molar refractivity (Wildman–Crippen MR) is 163 cm³/mol. The highest BCUT2D eigenvalue weighted by Gasteiger charge is 2.34. The van der Waals surface area contributed by atoms with Crippen molar-refractivity contribution in [2.45, 2.75) is 76.9 Å². The van der Waals surface area contributed by atoms with Crippen LogP contribution in [-0.4, -0.2) is 43.8 Å². The van der Waals surface area contributed by atoms with E-state index in [9.17, 15) is 18.0 Å². The lowest BCUT2D eigenvalue weighted by atomic mass is 10.1. The molecule has 218 valence electrons. The normalized spacial score (nSPS) is 14.5. The van der Waals surface area contributed by atoms with Crippen molar-refractivity contribution in [2.24, 2.45) is 0 Å². The second-order valence-electron chi connectivity index (χ2n) is 10.9. The van der Waals surface area contributed by atoms with Crippen molar-refractivity contribution in [1.29, 1.82) is 0 Å². The molecule has 1 fully saturated rings. The number of halogens is 1. The fourth-order valence-corrected chi connectivity index (χ4v) is 6.70. The molecule has 1 unspecified atom stereocenters. The number of nitrogens with one attached hydrogen (secondary N) is 1. The molecule has 0 spiro atoms. The zero-order chi connectivity index (χ0) is 29.7. The molecule has 1 saturated carbocycles. The van der Waals surface area contributed by atoms with Crippen LogP contribution in [0.25, 0.3) is 0 Å². The second-order valence-corrected chi connectivity index (χ2v) is 13.2. The maximum Gasteiger partial charge on any atom is 0.264 e. The van der Waals surface area contributed by atoms with Crippen LogP contribution in [0, 0.1) is 20.8 Å². The zero-order valence-corrected chi connectivity index (χ0v) is 25.6. The summed E-state index contributed by atoms with van der Waals surface area (Å²) in [5, 5.41) is 3.65. The van der Waals surface area contributed by atoms with Crippen molar-refractivity contribution >= 4 is 39.1 Å². The first-order chi connectivity index (χ1) is 19.5. The monoisotopic (exact) mass is 595 g/mol. The molecule has 3 aromatic carbocycles. The molecule has 41 heavy (non-hydrogen) atoms. The average molecular weight is 596 g/mol. The number of nitrogens with zero attached hydrogens (tertiary/aromatic N) is 2. The van der Waals surface area contributed by atoms with Gasteiger partial charge in [0.25, 0.3) is 10.0 Å². The van der Waals surface area contributed by atoms with Gasteiger partial charge in [0.2, 0.25) is 11.8 Å². The van der Waals surface area contributed by atoms with Crippen LogP contribution >= 0.6 is 11.6 Å². The van der Waals surface area contributed by atoms with E-state index in [1.54, 1.807) is 61.5 Å². The van der Waals surface area contributed by atoms with Gasteiger partial charge in [-0.25, -0.2) is 8.42 Å². The Morgan fingerprint density at radius 3 is 2.17 bits per heavy atom.